The number of hydrogen-bond donors (Lipinski definition) is 2. The molecule has 2 aromatic rings. The van der Waals surface area contributed by atoms with E-state index in [4.69, 9.17) is 5.73 Å². The Balaban J connectivity index is 1.30. The van der Waals surface area contributed by atoms with Gasteiger partial charge in [-0.25, -0.2) is 9.97 Å². The second kappa shape index (κ2) is 8.14. The first kappa shape index (κ1) is 18.7. The maximum atomic E-state index is 9.94. The van der Waals surface area contributed by atoms with Gasteiger partial charge in [0.25, 0.3) is 0 Å². The number of nitrogens with two attached hydrogens (primary N) is 1. The minimum absolute atomic E-state index is 0.134. The summed E-state index contributed by atoms with van der Waals surface area (Å²) in [4.78, 5) is 17.5. The number of rotatable bonds is 5. The second-order valence-corrected chi connectivity index (χ2v) is 7.87. The third kappa shape index (κ3) is 3.94. The van der Waals surface area contributed by atoms with Gasteiger partial charge in [0.15, 0.2) is 5.96 Å². The number of nitrogens with zero attached hydrogens (tertiary/aromatic N) is 5. The molecule has 0 radical (unpaired) electrons. The number of aliphatic hydroxyl groups excluding tert-OH is 1. The average Bonchev–Trinajstić information content (AvgIpc) is 2.74. The van der Waals surface area contributed by atoms with Gasteiger partial charge in [0.1, 0.15) is 0 Å². The summed E-state index contributed by atoms with van der Waals surface area (Å²) >= 11 is 0. The number of aliphatic imine (C=N–C) groups is 1. The van der Waals surface area contributed by atoms with Crippen LogP contribution in [0.25, 0.3) is 0 Å². The molecule has 28 heavy (non-hydrogen) atoms. The summed E-state index contributed by atoms with van der Waals surface area (Å²) in [6.45, 7) is 3.98. The molecule has 7 nitrogen and oxygen atoms in total. The average molecular weight is 380 g/mol. The van der Waals surface area contributed by atoms with E-state index >= 15 is 0 Å². The Labute approximate surface area is 165 Å². The molecule has 1 aliphatic carbocycles. The van der Waals surface area contributed by atoms with Crippen molar-refractivity contribution in [3.63, 3.8) is 0 Å². The van der Waals surface area contributed by atoms with E-state index in [0.29, 0.717) is 18.4 Å². The van der Waals surface area contributed by atoms with Crippen molar-refractivity contribution in [1.29, 1.82) is 0 Å². The van der Waals surface area contributed by atoms with Gasteiger partial charge >= 0.3 is 0 Å². The maximum absolute atomic E-state index is 9.94. The Morgan fingerprint density at radius 3 is 2.39 bits per heavy atom. The SMILES string of the molecule is NC(=NCC1(CO)CC(c2ccccc2)C1)N1CCN(c2ncccn2)CC1. The van der Waals surface area contributed by atoms with Gasteiger partial charge in [0, 0.05) is 44.0 Å². The largest absolute Gasteiger partial charge is 0.396 e. The number of benzene rings is 1. The van der Waals surface area contributed by atoms with Crippen LogP contribution in [0.2, 0.25) is 0 Å². The summed E-state index contributed by atoms with van der Waals surface area (Å²) in [5.41, 5.74) is 7.48. The molecular formula is C21H28N6O. The standard InChI is InChI=1S/C21H28N6O/c22-19(26-9-11-27(12-10-26)20-23-7-4-8-24-20)25-15-21(16-28)13-18(14-21)17-5-2-1-3-6-17/h1-8,18,28H,9-16H2,(H2,22,25). The van der Waals surface area contributed by atoms with Gasteiger partial charge in [0.2, 0.25) is 5.95 Å². The minimum atomic E-state index is -0.134. The molecule has 0 spiro atoms. The van der Waals surface area contributed by atoms with Gasteiger partial charge in [-0.15, -0.1) is 0 Å². The van der Waals surface area contributed by atoms with Crippen LogP contribution in [-0.2, 0) is 0 Å². The van der Waals surface area contributed by atoms with Gasteiger partial charge in [-0.3, -0.25) is 4.99 Å². The molecule has 1 aromatic carbocycles. The van der Waals surface area contributed by atoms with E-state index in [-0.39, 0.29) is 12.0 Å². The minimum Gasteiger partial charge on any atom is -0.396 e. The highest BCUT2D eigenvalue weighted by Gasteiger charge is 2.44. The van der Waals surface area contributed by atoms with Crippen LogP contribution in [0.1, 0.15) is 24.3 Å². The lowest BCUT2D eigenvalue weighted by Gasteiger charge is -2.46. The van der Waals surface area contributed by atoms with Crippen LogP contribution in [0.15, 0.2) is 53.8 Å². The highest BCUT2D eigenvalue weighted by Crippen LogP contribution is 2.51. The van der Waals surface area contributed by atoms with E-state index in [1.807, 2.05) is 12.1 Å². The molecule has 2 heterocycles. The fourth-order valence-corrected chi connectivity index (χ4v) is 4.19. The van der Waals surface area contributed by atoms with Crippen molar-refractivity contribution >= 4 is 11.9 Å². The Morgan fingerprint density at radius 2 is 1.75 bits per heavy atom. The van der Waals surface area contributed by atoms with Gasteiger partial charge in [-0.05, 0) is 30.4 Å². The van der Waals surface area contributed by atoms with E-state index in [9.17, 15) is 5.11 Å². The molecule has 148 valence electrons. The molecule has 7 heteroatoms. The van der Waals surface area contributed by atoms with Crippen molar-refractivity contribution in [2.45, 2.75) is 18.8 Å². The van der Waals surface area contributed by atoms with E-state index < -0.39 is 0 Å². The highest BCUT2D eigenvalue weighted by atomic mass is 16.3. The molecule has 4 rings (SSSR count). The van der Waals surface area contributed by atoms with E-state index in [0.717, 1.165) is 45.0 Å². The molecule has 1 saturated carbocycles. The van der Waals surface area contributed by atoms with Crippen LogP contribution in [0.3, 0.4) is 0 Å². The molecule has 0 unspecified atom stereocenters. The zero-order chi connectivity index (χ0) is 19.4. The van der Waals surface area contributed by atoms with Gasteiger partial charge in [-0.2, -0.15) is 0 Å². The van der Waals surface area contributed by atoms with Crippen molar-refractivity contribution in [2.75, 3.05) is 44.2 Å². The Morgan fingerprint density at radius 1 is 1.07 bits per heavy atom. The van der Waals surface area contributed by atoms with E-state index in [2.05, 4.69) is 49.0 Å². The lowest BCUT2D eigenvalue weighted by Crippen LogP contribution is -2.52. The zero-order valence-corrected chi connectivity index (χ0v) is 16.1. The van der Waals surface area contributed by atoms with E-state index in [1.165, 1.54) is 5.56 Å². The molecule has 2 fully saturated rings. The summed E-state index contributed by atoms with van der Waals surface area (Å²) in [6, 6.07) is 12.3. The number of anilines is 1. The van der Waals surface area contributed by atoms with Gasteiger partial charge in [0.05, 0.1) is 13.2 Å². The second-order valence-electron chi connectivity index (χ2n) is 7.87. The number of aliphatic hydroxyl groups is 1. The number of hydrogen-bond acceptors (Lipinski definition) is 5. The first-order valence-corrected chi connectivity index (χ1v) is 9.92. The molecule has 0 bridgehead atoms. The molecule has 0 atom stereocenters. The van der Waals surface area contributed by atoms with Crippen LogP contribution in [0.5, 0.6) is 0 Å². The molecule has 1 aliphatic heterocycles. The molecule has 2 aliphatic rings. The summed E-state index contributed by atoms with van der Waals surface area (Å²) < 4.78 is 0. The summed E-state index contributed by atoms with van der Waals surface area (Å²) in [7, 11) is 0. The Kier molecular flexibility index (Phi) is 5.43. The lowest BCUT2D eigenvalue weighted by atomic mass is 9.60. The molecule has 3 N–H and O–H groups in total. The molecule has 0 amide bonds. The first-order valence-electron chi connectivity index (χ1n) is 9.92. The monoisotopic (exact) mass is 380 g/mol. The summed E-state index contributed by atoms with van der Waals surface area (Å²) in [5.74, 6) is 1.85. The van der Waals surface area contributed by atoms with Crippen LogP contribution >= 0.6 is 0 Å². The number of aromatic nitrogens is 2. The van der Waals surface area contributed by atoms with Crippen LogP contribution in [0.4, 0.5) is 5.95 Å². The highest BCUT2D eigenvalue weighted by molar-refractivity contribution is 5.78. The third-order valence-electron chi connectivity index (χ3n) is 5.98. The quantitative estimate of drug-likeness (QED) is 0.603. The number of guanidine groups is 1. The van der Waals surface area contributed by atoms with Gasteiger partial charge in [-0.1, -0.05) is 30.3 Å². The van der Waals surface area contributed by atoms with Crippen LogP contribution < -0.4 is 10.6 Å². The Bertz CT molecular complexity index is 783. The molecule has 1 saturated heterocycles. The first-order chi connectivity index (χ1) is 13.7. The normalized spacial score (nSPS) is 25.5. The maximum Gasteiger partial charge on any atom is 0.225 e. The van der Waals surface area contributed by atoms with Crippen molar-refractivity contribution in [2.24, 2.45) is 16.1 Å². The van der Waals surface area contributed by atoms with Gasteiger partial charge < -0.3 is 20.6 Å². The summed E-state index contributed by atoms with van der Waals surface area (Å²) in [6.07, 6.45) is 5.45. The van der Waals surface area contributed by atoms with Crippen LogP contribution in [-0.4, -0.2) is 65.3 Å². The smallest absolute Gasteiger partial charge is 0.225 e. The van der Waals surface area contributed by atoms with Crippen molar-refractivity contribution in [3.05, 3.63) is 54.4 Å². The number of piperazine rings is 1. The zero-order valence-electron chi connectivity index (χ0n) is 16.1. The summed E-state index contributed by atoms with van der Waals surface area (Å²) in [5, 5.41) is 9.94. The molecule has 1 aromatic heterocycles. The molecular weight excluding hydrogens is 352 g/mol. The fraction of sp³-hybridized carbons (Fsp3) is 0.476. The predicted molar refractivity (Wildman–Crippen MR) is 110 cm³/mol. The van der Waals surface area contributed by atoms with Crippen molar-refractivity contribution < 1.29 is 5.11 Å². The van der Waals surface area contributed by atoms with E-state index in [1.54, 1.807) is 12.4 Å². The van der Waals surface area contributed by atoms with Crippen LogP contribution in [0, 0.1) is 5.41 Å². The predicted octanol–water partition coefficient (Wildman–Crippen LogP) is 1.47. The lowest BCUT2D eigenvalue weighted by molar-refractivity contribution is 0.0339. The topological polar surface area (TPSA) is 90.9 Å². The Hall–Kier alpha value is -2.67. The fourth-order valence-electron chi connectivity index (χ4n) is 4.19. The third-order valence-corrected chi connectivity index (χ3v) is 5.98. The van der Waals surface area contributed by atoms with Crippen molar-refractivity contribution in [1.82, 2.24) is 14.9 Å². The van der Waals surface area contributed by atoms with Crippen molar-refractivity contribution in [3.8, 4) is 0 Å².